The molecule has 0 aliphatic heterocycles. The van der Waals surface area contributed by atoms with Crippen LogP contribution in [0.3, 0.4) is 0 Å². The van der Waals surface area contributed by atoms with Gasteiger partial charge in [-0.1, -0.05) is 11.6 Å². The third-order valence-corrected chi connectivity index (χ3v) is 8.29. The van der Waals surface area contributed by atoms with E-state index in [4.69, 9.17) is 16.6 Å². The Labute approximate surface area is 182 Å². The Morgan fingerprint density at radius 1 is 1.10 bits per heavy atom. The van der Waals surface area contributed by atoms with Crippen LogP contribution in [-0.2, 0) is 10.0 Å². The van der Waals surface area contributed by atoms with Crippen LogP contribution in [-0.4, -0.2) is 34.2 Å². The van der Waals surface area contributed by atoms with Crippen molar-refractivity contribution < 1.29 is 8.42 Å². The van der Waals surface area contributed by atoms with E-state index in [0.29, 0.717) is 11.1 Å². The van der Waals surface area contributed by atoms with Gasteiger partial charge in [0.15, 0.2) is 0 Å². The van der Waals surface area contributed by atoms with E-state index in [1.807, 2.05) is 18.2 Å². The van der Waals surface area contributed by atoms with E-state index in [1.165, 1.54) is 5.69 Å². The molecule has 8 heteroatoms. The van der Waals surface area contributed by atoms with Crippen LogP contribution in [0, 0.1) is 0 Å². The Morgan fingerprint density at radius 3 is 2.47 bits per heavy atom. The SMILES string of the molecule is CC(C)(C)S(=O)(=O)N[C@H]1CC[C@H](c2cc3nc(-c4ccc(Cl)nc4)ccc3[nH]2)CC1. The molecule has 0 radical (unpaired) electrons. The van der Waals surface area contributed by atoms with Crippen LogP contribution in [0.4, 0.5) is 0 Å². The van der Waals surface area contributed by atoms with Crippen LogP contribution in [0.5, 0.6) is 0 Å². The van der Waals surface area contributed by atoms with Crippen LogP contribution >= 0.6 is 11.6 Å². The molecule has 3 aromatic heterocycles. The van der Waals surface area contributed by atoms with Gasteiger partial charge in [-0.3, -0.25) is 0 Å². The second-order valence-electron chi connectivity index (χ2n) is 9.01. The summed E-state index contributed by atoms with van der Waals surface area (Å²) in [6.07, 6.45) is 5.29. The number of aromatic nitrogens is 3. The number of hydrogen-bond donors (Lipinski definition) is 2. The summed E-state index contributed by atoms with van der Waals surface area (Å²) in [5.41, 5.74) is 4.88. The fraction of sp³-hybridized carbons (Fsp3) is 0.455. The van der Waals surface area contributed by atoms with Crippen LogP contribution in [0.1, 0.15) is 58.1 Å². The molecule has 0 saturated heterocycles. The summed E-state index contributed by atoms with van der Waals surface area (Å²) in [7, 11) is -3.32. The van der Waals surface area contributed by atoms with Crippen LogP contribution in [0.15, 0.2) is 36.5 Å². The Hall–Kier alpha value is -1.96. The number of pyridine rings is 2. The van der Waals surface area contributed by atoms with Crippen molar-refractivity contribution in [3.8, 4) is 11.3 Å². The minimum absolute atomic E-state index is 0.0111. The second kappa shape index (κ2) is 7.94. The monoisotopic (exact) mass is 446 g/mol. The molecule has 1 saturated carbocycles. The Morgan fingerprint density at radius 2 is 1.83 bits per heavy atom. The van der Waals surface area contributed by atoms with Gasteiger partial charge in [-0.25, -0.2) is 23.1 Å². The highest BCUT2D eigenvalue weighted by atomic mass is 35.5. The molecule has 0 spiro atoms. The largest absolute Gasteiger partial charge is 0.357 e. The van der Waals surface area contributed by atoms with Gasteiger partial charge in [-0.2, -0.15) is 0 Å². The first-order valence-corrected chi connectivity index (χ1v) is 12.1. The van der Waals surface area contributed by atoms with E-state index >= 15 is 0 Å². The lowest BCUT2D eigenvalue weighted by atomic mass is 9.84. The lowest BCUT2D eigenvalue weighted by molar-refractivity contribution is 0.368. The number of rotatable bonds is 4. The van der Waals surface area contributed by atoms with Crippen LogP contribution in [0.2, 0.25) is 5.15 Å². The molecule has 0 atom stereocenters. The zero-order valence-corrected chi connectivity index (χ0v) is 19.0. The highest BCUT2D eigenvalue weighted by molar-refractivity contribution is 7.90. The zero-order valence-electron chi connectivity index (χ0n) is 17.4. The van der Waals surface area contributed by atoms with E-state index in [2.05, 4.69) is 20.8 Å². The zero-order chi connectivity index (χ0) is 21.5. The standard InChI is InChI=1S/C22H27ClN4O2S/c1-22(2,3)30(28,29)27-16-7-4-14(5-8-16)19-12-20-18(26-19)10-9-17(25-20)15-6-11-21(23)24-13-15/h6,9-14,16,26-27H,4-5,7-8H2,1-3H3/t14-,16-. The van der Waals surface area contributed by atoms with Crippen molar-refractivity contribution >= 4 is 32.7 Å². The Bertz CT molecular complexity index is 1140. The molecule has 6 nitrogen and oxygen atoms in total. The molecule has 2 N–H and O–H groups in total. The fourth-order valence-electron chi connectivity index (χ4n) is 3.86. The first kappa shape index (κ1) is 21.3. The molecule has 30 heavy (non-hydrogen) atoms. The number of halogens is 1. The van der Waals surface area contributed by atoms with E-state index in [9.17, 15) is 8.42 Å². The maximum Gasteiger partial charge on any atom is 0.216 e. The van der Waals surface area contributed by atoms with Crippen molar-refractivity contribution in [2.24, 2.45) is 0 Å². The minimum Gasteiger partial charge on any atom is -0.357 e. The summed E-state index contributed by atoms with van der Waals surface area (Å²) >= 11 is 5.88. The molecule has 1 fully saturated rings. The number of aromatic amines is 1. The van der Waals surface area contributed by atoms with Crippen LogP contribution < -0.4 is 4.72 Å². The summed E-state index contributed by atoms with van der Waals surface area (Å²) in [5.74, 6) is 0.384. The minimum atomic E-state index is -3.32. The molecular formula is C22H27ClN4O2S. The summed E-state index contributed by atoms with van der Waals surface area (Å²) in [6, 6.07) is 9.82. The molecule has 3 heterocycles. The molecule has 160 valence electrons. The number of nitrogens with zero attached hydrogens (tertiary/aromatic N) is 2. The average molecular weight is 447 g/mol. The van der Waals surface area contributed by atoms with E-state index < -0.39 is 14.8 Å². The maximum absolute atomic E-state index is 12.4. The van der Waals surface area contributed by atoms with Crippen molar-refractivity contribution in [2.45, 2.75) is 63.2 Å². The van der Waals surface area contributed by atoms with Gasteiger partial charge >= 0.3 is 0 Å². The van der Waals surface area contributed by atoms with Gasteiger partial charge in [0.2, 0.25) is 10.0 Å². The lowest BCUT2D eigenvalue weighted by Gasteiger charge is -2.31. The molecule has 0 bridgehead atoms. The second-order valence-corrected chi connectivity index (χ2v) is 11.9. The maximum atomic E-state index is 12.4. The Kier molecular flexibility index (Phi) is 5.64. The highest BCUT2D eigenvalue weighted by Gasteiger charge is 2.33. The van der Waals surface area contributed by atoms with E-state index in [-0.39, 0.29) is 6.04 Å². The third-order valence-electron chi connectivity index (χ3n) is 5.81. The molecule has 0 aromatic carbocycles. The third kappa shape index (κ3) is 4.38. The van der Waals surface area contributed by atoms with Crippen molar-refractivity contribution in [1.82, 2.24) is 19.7 Å². The normalized spacial score (nSPS) is 20.5. The van der Waals surface area contributed by atoms with Gasteiger partial charge in [0.25, 0.3) is 0 Å². The van der Waals surface area contributed by atoms with Gasteiger partial charge in [-0.15, -0.1) is 0 Å². The number of nitrogens with one attached hydrogen (secondary N) is 2. The van der Waals surface area contributed by atoms with Crippen molar-refractivity contribution in [2.75, 3.05) is 0 Å². The van der Waals surface area contributed by atoms with Crippen molar-refractivity contribution in [1.29, 1.82) is 0 Å². The van der Waals surface area contributed by atoms with Gasteiger partial charge in [0.1, 0.15) is 5.15 Å². The van der Waals surface area contributed by atoms with Crippen LogP contribution in [0.25, 0.3) is 22.3 Å². The first-order chi connectivity index (χ1) is 14.1. The quantitative estimate of drug-likeness (QED) is 0.550. The first-order valence-electron chi connectivity index (χ1n) is 10.3. The molecule has 1 aliphatic carbocycles. The number of hydrogen-bond acceptors (Lipinski definition) is 4. The lowest BCUT2D eigenvalue weighted by Crippen LogP contribution is -2.45. The fourth-order valence-corrected chi connectivity index (χ4v) is 5.00. The predicted octanol–water partition coefficient (Wildman–Crippen LogP) is 5.02. The molecular weight excluding hydrogens is 420 g/mol. The summed E-state index contributed by atoms with van der Waals surface area (Å²) in [4.78, 5) is 12.4. The summed E-state index contributed by atoms with van der Waals surface area (Å²) < 4.78 is 26.9. The van der Waals surface area contributed by atoms with Gasteiger partial charge in [-0.05, 0) is 82.7 Å². The molecule has 0 amide bonds. The summed E-state index contributed by atoms with van der Waals surface area (Å²) in [6.45, 7) is 5.19. The highest BCUT2D eigenvalue weighted by Crippen LogP contribution is 2.35. The number of fused-ring (bicyclic) bond motifs is 1. The molecule has 3 aromatic rings. The van der Waals surface area contributed by atoms with Gasteiger partial charge in [0.05, 0.1) is 21.5 Å². The van der Waals surface area contributed by atoms with Gasteiger partial charge in [0, 0.05) is 23.5 Å². The Balaban J connectivity index is 1.46. The number of sulfonamides is 1. The topological polar surface area (TPSA) is 87.7 Å². The summed E-state index contributed by atoms with van der Waals surface area (Å²) in [5, 5.41) is 0.462. The van der Waals surface area contributed by atoms with E-state index in [1.54, 1.807) is 33.0 Å². The number of H-pyrrole nitrogens is 1. The molecule has 0 unspecified atom stereocenters. The molecule has 4 rings (SSSR count). The van der Waals surface area contributed by atoms with Gasteiger partial charge < -0.3 is 4.98 Å². The molecule has 1 aliphatic rings. The predicted molar refractivity (Wildman–Crippen MR) is 121 cm³/mol. The van der Waals surface area contributed by atoms with Crippen molar-refractivity contribution in [3.63, 3.8) is 0 Å². The smallest absolute Gasteiger partial charge is 0.216 e. The average Bonchev–Trinajstić information content (AvgIpc) is 3.11. The van der Waals surface area contributed by atoms with Crippen molar-refractivity contribution in [3.05, 3.63) is 47.4 Å². The van der Waals surface area contributed by atoms with E-state index in [0.717, 1.165) is 48.0 Å².